The fourth-order valence-corrected chi connectivity index (χ4v) is 2.98. The summed E-state index contributed by atoms with van der Waals surface area (Å²) in [7, 11) is 1.70. The number of hydrogen-bond donors (Lipinski definition) is 2. The van der Waals surface area contributed by atoms with E-state index in [0.29, 0.717) is 34.4 Å². The summed E-state index contributed by atoms with van der Waals surface area (Å²) in [5, 5.41) is 9.48. The van der Waals surface area contributed by atoms with Crippen LogP contribution in [-0.4, -0.2) is 26.4 Å². The van der Waals surface area contributed by atoms with E-state index in [-0.39, 0.29) is 18.8 Å². The quantitative estimate of drug-likeness (QED) is 0.579. The Hall–Kier alpha value is -2.83. The van der Waals surface area contributed by atoms with Crippen molar-refractivity contribution in [1.29, 1.82) is 0 Å². The molecule has 140 valence electrons. The lowest BCUT2D eigenvalue weighted by Gasteiger charge is -2.07. The van der Waals surface area contributed by atoms with Crippen molar-refractivity contribution in [2.45, 2.75) is 19.6 Å². The zero-order valence-corrected chi connectivity index (χ0v) is 15.5. The number of nitrogens with one attached hydrogen (secondary N) is 1. The van der Waals surface area contributed by atoms with E-state index in [1.165, 1.54) is 0 Å². The normalized spacial score (nSPS) is 10.9. The molecule has 0 saturated heterocycles. The highest BCUT2D eigenvalue weighted by atomic mass is 35.5. The van der Waals surface area contributed by atoms with Crippen molar-refractivity contribution >= 4 is 23.4 Å². The standard InChI is InChI=1S/C20H19ClN2O4/c1-23-16(7-8-17(23)21)20(26)19-14(9-15(22-19)10-18(24)25)12-27-11-13-5-3-2-4-6-13/h2-9,22H,10-12H2,1H3,(H,24,25). The number of halogens is 1. The lowest BCUT2D eigenvalue weighted by Crippen LogP contribution is -2.11. The maximum absolute atomic E-state index is 12.9. The maximum atomic E-state index is 12.9. The summed E-state index contributed by atoms with van der Waals surface area (Å²) in [5.41, 5.74) is 2.81. The topological polar surface area (TPSA) is 84.3 Å². The number of carbonyl (C=O) groups is 2. The Kier molecular flexibility index (Phi) is 5.78. The van der Waals surface area contributed by atoms with Crippen molar-refractivity contribution in [3.8, 4) is 0 Å². The highest BCUT2D eigenvalue weighted by Crippen LogP contribution is 2.21. The molecule has 0 bridgehead atoms. The number of aliphatic carboxylic acids is 1. The predicted octanol–water partition coefficient (Wildman–Crippen LogP) is 3.58. The van der Waals surface area contributed by atoms with Gasteiger partial charge in [0.2, 0.25) is 5.78 Å². The van der Waals surface area contributed by atoms with Gasteiger partial charge in [0.05, 0.1) is 31.0 Å². The summed E-state index contributed by atoms with van der Waals surface area (Å²) in [6.07, 6.45) is -0.202. The average Bonchev–Trinajstić information content (AvgIpc) is 3.18. The lowest BCUT2D eigenvalue weighted by atomic mass is 10.1. The SMILES string of the molecule is Cn1c(Cl)ccc1C(=O)c1[nH]c(CC(=O)O)cc1COCc1ccccc1. The first-order valence-electron chi connectivity index (χ1n) is 8.36. The van der Waals surface area contributed by atoms with Crippen LogP contribution >= 0.6 is 11.6 Å². The highest BCUT2D eigenvalue weighted by molar-refractivity contribution is 6.30. The van der Waals surface area contributed by atoms with Gasteiger partial charge in [0, 0.05) is 18.3 Å². The molecule has 0 aliphatic rings. The van der Waals surface area contributed by atoms with Crippen molar-refractivity contribution < 1.29 is 19.4 Å². The number of benzene rings is 1. The zero-order valence-electron chi connectivity index (χ0n) is 14.7. The van der Waals surface area contributed by atoms with Crippen LogP contribution in [0.4, 0.5) is 0 Å². The number of carbonyl (C=O) groups excluding carboxylic acids is 1. The Labute approximate surface area is 161 Å². The molecule has 0 radical (unpaired) electrons. The Balaban J connectivity index is 1.82. The lowest BCUT2D eigenvalue weighted by molar-refractivity contribution is -0.136. The second-order valence-electron chi connectivity index (χ2n) is 6.17. The first-order chi connectivity index (χ1) is 13.0. The molecule has 0 spiro atoms. The molecule has 3 rings (SSSR count). The third-order valence-corrected chi connectivity index (χ3v) is 4.57. The van der Waals surface area contributed by atoms with Crippen molar-refractivity contribution in [1.82, 2.24) is 9.55 Å². The van der Waals surface area contributed by atoms with Crippen molar-refractivity contribution in [3.05, 3.63) is 81.9 Å². The summed E-state index contributed by atoms with van der Waals surface area (Å²) < 4.78 is 7.31. The summed E-state index contributed by atoms with van der Waals surface area (Å²) in [6, 6.07) is 14.6. The molecule has 0 amide bonds. The van der Waals surface area contributed by atoms with Crippen LogP contribution in [0.15, 0.2) is 48.5 Å². The van der Waals surface area contributed by atoms with Crippen LogP contribution in [0, 0.1) is 0 Å². The molecule has 0 saturated carbocycles. The van der Waals surface area contributed by atoms with E-state index < -0.39 is 5.97 Å². The van der Waals surface area contributed by atoms with Gasteiger partial charge >= 0.3 is 5.97 Å². The van der Waals surface area contributed by atoms with Gasteiger partial charge in [-0.3, -0.25) is 9.59 Å². The van der Waals surface area contributed by atoms with E-state index in [4.69, 9.17) is 21.4 Å². The van der Waals surface area contributed by atoms with E-state index in [2.05, 4.69) is 4.98 Å². The van der Waals surface area contributed by atoms with Gasteiger partial charge in [0.1, 0.15) is 5.15 Å². The van der Waals surface area contributed by atoms with Crippen LogP contribution in [0.25, 0.3) is 0 Å². The molecule has 6 nitrogen and oxygen atoms in total. The Morgan fingerprint density at radius 1 is 1.15 bits per heavy atom. The van der Waals surface area contributed by atoms with E-state index in [0.717, 1.165) is 5.56 Å². The number of rotatable bonds is 8. The number of carboxylic acid groups (broad SMARTS) is 1. The van der Waals surface area contributed by atoms with Crippen LogP contribution in [0.5, 0.6) is 0 Å². The first-order valence-corrected chi connectivity index (χ1v) is 8.73. The number of aromatic amines is 1. The predicted molar refractivity (Wildman–Crippen MR) is 101 cm³/mol. The Bertz CT molecular complexity index is 960. The fraction of sp³-hybridized carbons (Fsp3) is 0.200. The smallest absolute Gasteiger partial charge is 0.309 e. The first kappa shape index (κ1) is 18.9. The Morgan fingerprint density at radius 3 is 2.52 bits per heavy atom. The van der Waals surface area contributed by atoms with Gasteiger partial charge in [0.25, 0.3) is 0 Å². The summed E-state index contributed by atoms with van der Waals surface area (Å²) in [4.78, 5) is 26.9. The summed E-state index contributed by atoms with van der Waals surface area (Å²) in [6.45, 7) is 0.578. The highest BCUT2D eigenvalue weighted by Gasteiger charge is 2.21. The second-order valence-corrected chi connectivity index (χ2v) is 6.56. The molecule has 2 heterocycles. The van der Waals surface area contributed by atoms with Crippen LogP contribution in [0.3, 0.4) is 0 Å². The number of hydrogen-bond acceptors (Lipinski definition) is 3. The van der Waals surface area contributed by atoms with Gasteiger partial charge in [-0.15, -0.1) is 0 Å². The number of carboxylic acids is 1. The van der Waals surface area contributed by atoms with Crippen molar-refractivity contribution in [2.24, 2.45) is 7.05 Å². The van der Waals surface area contributed by atoms with Gasteiger partial charge < -0.3 is 19.4 Å². The third kappa shape index (κ3) is 4.48. The molecule has 0 unspecified atom stereocenters. The molecule has 2 aromatic heterocycles. The zero-order chi connectivity index (χ0) is 19.4. The summed E-state index contributed by atoms with van der Waals surface area (Å²) in [5.74, 6) is -1.24. The Morgan fingerprint density at radius 2 is 1.89 bits per heavy atom. The molecule has 0 aliphatic heterocycles. The van der Waals surface area contributed by atoms with E-state index in [9.17, 15) is 9.59 Å². The van der Waals surface area contributed by atoms with Crippen LogP contribution in [-0.2, 0) is 36.2 Å². The molecule has 0 fully saturated rings. The van der Waals surface area contributed by atoms with E-state index >= 15 is 0 Å². The number of H-pyrrole nitrogens is 1. The molecule has 0 atom stereocenters. The number of nitrogens with zero attached hydrogens (tertiary/aromatic N) is 1. The monoisotopic (exact) mass is 386 g/mol. The number of aromatic nitrogens is 2. The molecule has 27 heavy (non-hydrogen) atoms. The van der Waals surface area contributed by atoms with Gasteiger partial charge in [-0.05, 0) is 23.8 Å². The van der Waals surface area contributed by atoms with Crippen LogP contribution in [0.2, 0.25) is 5.15 Å². The molecular weight excluding hydrogens is 368 g/mol. The van der Waals surface area contributed by atoms with Gasteiger partial charge in [-0.1, -0.05) is 41.9 Å². The molecule has 7 heteroatoms. The van der Waals surface area contributed by atoms with Crippen LogP contribution < -0.4 is 0 Å². The van der Waals surface area contributed by atoms with Crippen LogP contribution in [0.1, 0.15) is 33.0 Å². The van der Waals surface area contributed by atoms with E-state index in [1.54, 1.807) is 29.8 Å². The number of ketones is 1. The molecule has 3 aromatic rings. The largest absolute Gasteiger partial charge is 0.481 e. The third-order valence-electron chi connectivity index (χ3n) is 4.19. The minimum atomic E-state index is -0.978. The van der Waals surface area contributed by atoms with Crippen molar-refractivity contribution in [2.75, 3.05) is 0 Å². The van der Waals surface area contributed by atoms with Gasteiger partial charge in [0.15, 0.2) is 0 Å². The van der Waals surface area contributed by atoms with Gasteiger partial charge in [-0.2, -0.15) is 0 Å². The second kappa shape index (κ2) is 8.24. The molecule has 1 aromatic carbocycles. The van der Waals surface area contributed by atoms with Gasteiger partial charge in [-0.25, -0.2) is 0 Å². The molecule has 2 N–H and O–H groups in total. The molecule has 0 aliphatic carbocycles. The minimum Gasteiger partial charge on any atom is -0.481 e. The van der Waals surface area contributed by atoms with Crippen molar-refractivity contribution in [3.63, 3.8) is 0 Å². The minimum absolute atomic E-state index is 0.185. The van der Waals surface area contributed by atoms with E-state index in [1.807, 2.05) is 30.3 Å². The average molecular weight is 387 g/mol. The molecular formula is C20H19ClN2O4. The fourth-order valence-electron chi connectivity index (χ4n) is 2.83. The maximum Gasteiger partial charge on any atom is 0.309 e. The number of ether oxygens (including phenoxy) is 1. The summed E-state index contributed by atoms with van der Waals surface area (Å²) >= 11 is 6.02.